The Morgan fingerprint density at radius 2 is 1.51 bits per heavy atom. The molecule has 0 radical (unpaired) electrons. The second-order valence-corrected chi connectivity index (χ2v) is 9.44. The summed E-state index contributed by atoms with van der Waals surface area (Å²) in [5.74, 6) is -0.354. The Hall–Kier alpha value is -2.91. The number of hydrogen-bond donors (Lipinski definition) is 3. The third-order valence-electron chi connectivity index (χ3n) is 5.24. The number of amides is 2. The van der Waals surface area contributed by atoms with Crippen LogP contribution in [0.1, 0.15) is 34.0 Å². The molecule has 7 nitrogen and oxygen atoms in total. The van der Waals surface area contributed by atoms with Gasteiger partial charge in [-0.25, -0.2) is 4.21 Å². The van der Waals surface area contributed by atoms with Gasteiger partial charge in [-0.05, 0) is 53.4 Å². The van der Waals surface area contributed by atoms with Gasteiger partial charge in [0.05, 0.1) is 15.7 Å². The van der Waals surface area contributed by atoms with Crippen molar-refractivity contribution < 1.29 is 18.4 Å². The normalized spacial score (nSPS) is 11.5. The molecule has 0 aliphatic rings. The van der Waals surface area contributed by atoms with Gasteiger partial charge in [-0.3, -0.25) is 18.4 Å². The zero-order valence-electron chi connectivity index (χ0n) is 19.0. The summed E-state index contributed by atoms with van der Waals surface area (Å²) in [6.07, 6.45) is 0.414. The van der Waals surface area contributed by atoms with Gasteiger partial charge < -0.3 is 10.6 Å². The third-order valence-corrected chi connectivity index (χ3v) is 6.87. The molecule has 3 N–H and O–H groups in total. The van der Waals surface area contributed by atoms with Crippen LogP contribution in [0.15, 0.2) is 66.7 Å². The molecule has 2 amide bonds. The number of rotatable bonds is 10. The van der Waals surface area contributed by atoms with E-state index in [-0.39, 0.29) is 18.4 Å². The average molecular weight is 534 g/mol. The van der Waals surface area contributed by atoms with Crippen LogP contribution in [0.25, 0.3) is 0 Å². The summed E-state index contributed by atoms with van der Waals surface area (Å²) in [7, 11) is 0. The monoisotopic (exact) mass is 533 g/mol. The van der Waals surface area contributed by atoms with Crippen molar-refractivity contribution in [3.8, 4) is 0 Å². The summed E-state index contributed by atoms with van der Waals surface area (Å²) < 4.78 is 23.0. The van der Waals surface area contributed by atoms with Crippen LogP contribution in [0.5, 0.6) is 0 Å². The highest BCUT2D eigenvalue weighted by Crippen LogP contribution is 2.26. The van der Waals surface area contributed by atoms with Crippen LogP contribution in [0.3, 0.4) is 0 Å². The first-order chi connectivity index (χ1) is 16.7. The number of nitrogens with one attached hydrogen (secondary N) is 2. The van der Waals surface area contributed by atoms with E-state index in [9.17, 15) is 18.4 Å². The standard InChI is InChI=1S/C25H25Cl2N3O4S/c1-17(31)28-15-18-5-7-19(8-6-18)16-29-25(32)21-9-11-22(12-10-21)30(35(33)34)14-13-20-3-2-4-23(26)24(20)27/h2-12H,13-16H2,1H3,(H,28,31)(H,29,32)(H,33,34). The zero-order chi connectivity index (χ0) is 25.4. The number of hydrogen-bond acceptors (Lipinski definition) is 3. The van der Waals surface area contributed by atoms with Gasteiger partial charge in [-0.1, -0.05) is 59.6 Å². The summed E-state index contributed by atoms with van der Waals surface area (Å²) in [6.45, 7) is 2.49. The molecule has 0 aliphatic carbocycles. The first-order valence-electron chi connectivity index (χ1n) is 10.8. The molecule has 35 heavy (non-hydrogen) atoms. The van der Waals surface area contributed by atoms with E-state index in [4.69, 9.17) is 23.2 Å². The molecule has 0 bridgehead atoms. The fourth-order valence-corrected chi connectivity index (χ4v) is 4.29. The predicted molar refractivity (Wildman–Crippen MR) is 140 cm³/mol. The van der Waals surface area contributed by atoms with E-state index in [0.29, 0.717) is 40.8 Å². The molecule has 0 fully saturated rings. The first-order valence-corrected chi connectivity index (χ1v) is 12.6. The molecule has 0 heterocycles. The lowest BCUT2D eigenvalue weighted by Crippen LogP contribution is -2.28. The molecule has 3 aromatic rings. The minimum atomic E-state index is -2.26. The molecule has 0 aromatic heterocycles. The maximum absolute atomic E-state index is 12.5. The van der Waals surface area contributed by atoms with Crippen molar-refractivity contribution in [2.45, 2.75) is 26.4 Å². The Bertz CT molecular complexity index is 1200. The van der Waals surface area contributed by atoms with Crippen molar-refractivity contribution in [2.24, 2.45) is 0 Å². The van der Waals surface area contributed by atoms with Gasteiger partial charge in [-0.2, -0.15) is 0 Å². The summed E-state index contributed by atoms with van der Waals surface area (Å²) in [5.41, 5.74) is 3.58. The van der Waals surface area contributed by atoms with E-state index in [0.717, 1.165) is 16.7 Å². The van der Waals surface area contributed by atoms with E-state index in [1.165, 1.54) is 11.2 Å². The molecular formula is C25H25Cl2N3O4S. The lowest BCUT2D eigenvalue weighted by molar-refractivity contribution is -0.119. The number of benzene rings is 3. The van der Waals surface area contributed by atoms with Crippen LogP contribution in [-0.4, -0.2) is 27.1 Å². The Kier molecular flexibility index (Phi) is 9.68. The molecule has 0 saturated heterocycles. The topological polar surface area (TPSA) is 98.7 Å². The maximum Gasteiger partial charge on any atom is 0.261 e. The number of carbonyl (C=O) groups is 2. The van der Waals surface area contributed by atoms with E-state index < -0.39 is 11.3 Å². The fraction of sp³-hybridized carbons (Fsp3) is 0.200. The lowest BCUT2D eigenvalue weighted by Gasteiger charge is -2.20. The third kappa shape index (κ3) is 7.80. The van der Waals surface area contributed by atoms with Crippen LogP contribution in [0, 0.1) is 0 Å². The van der Waals surface area contributed by atoms with Crippen LogP contribution in [-0.2, 0) is 35.6 Å². The van der Waals surface area contributed by atoms with Crippen molar-refractivity contribution in [3.05, 3.63) is 99.0 Å². The smallest absolute Gasteiger partial charge is 0.261 e. The average Bonchev–Trinajstić information content (AvgIpc) is 2.84. The molecule has 3 aromatic carbocycles. The Labute approximate surface area is 216 Å². The van der Waals surface area contributed by atoms with E-state index in [1.54, 1.807) is 36.4 Å². The first kappa shape index (κ1) is 26.7. The Morgan fingerprint density at radius 3 is 2.09 bits per heavy atom. The number of carbonyl (C=O) groups excluding carboxylic acids is 2. The van der Waals surface area contributed by atoms with Crippen molar-refractivity contribution in [1.82, 2.24) is 10.6 Å². The van der Waals surface area contributed by atoms with Crippen molar-refractivity contribution in [2.75, 3.05) is 10.8 Å². The minimum Gasteiger partial charge on any atom is -0.352 e. The quantitative estimate of drug-likeness (QED) is 0.327. The summed E-state index contributed by atoms with van der Waals surface area (Å²) >= 11 is 10.0. The summed E-state index contributed by atoms with van der Waals surface area (Å²) in [5, 5.41) is 6.44. The van der Waals surface area contributed by atoms with Gasteiger partial charge in [0, 0.05) is 32.1 Å². The second-order valence-electron chi connectivity index (χ2n) is 7.75. The van der Waals surface area contributed by atoms with Crippen LogP contribution < -0.4 is 14.9 Å². The van der Waals surface area contributed by atoms with Gasteiger partial charge >= 0.3 is 0 Å². The van der Waals surface area contributed by atoms with Gasteiger partial charge in [0.2, 0.25) is 5.91 Å². The molecule has 0 spiro atoms. The summed E-state index contributed by atoms with van der Waals surface area (Å²) in [6, 6.07) is 19.3. The Balaban J connectivity index is 1.58. The number of halogens is 2. The molecule has 0 saturated carbocycles. The van der Waals surface area contributed by atoms with E-state index in [2.05, 4.69) is 10.6 Å². The lowest BCUT2D eigenvalue weighted by atomic mass is 10.1. The molecular weight excluding hydrogens is 509 g/mol. The second kappa shape index (κ2) is 12.7. The molecule has 3 rings (SSSR count). The van der Waals surface area contributed by atoms with Crippen LogP contribution in [0.4, 0.5) is 5.69 Å². The minimum absolute atomic E-state index is 0.0915. The number of nitrogens with zero attached hydrogens (tertiary/aromatic N) is 1. The van der Waals surface area contributed by atoms with E-state index >= 15 is 0 Å². The highest BCUT2D eigenvalue weighted by Gasteiger charge is 2.15. The molecule has 1 atom stereocenters. The molecule has 1 unspecified atom stereocenters. The van der Waals surface area contributed by atoms with Crippen molar-refractivity contribution in [1.29, 1.82) is 0 Å². The fourth-order valence-electron chi connectivity index (χ4n) is 3.33. The van der Waals surface area contributed by atoms with Gasteiger partial charge in [-0.15, -0.1) is 0 Å². The largest absolute Gasteiger partial charge is 0.352 e. The SMILES string of the molecule is CC(=O)NCc1ccc(CNC(=O)c2ccc(N(CCc3cccc(Cl)c3Cl)S(=O)O)cc2)cc1. The molecule has 184 valence electrons. The van der Waals surface area contributed by atoms with Crippen molar-refractivity contribution >= 4 is 52.0 Å². The zero-order valence-corrected chi connectivity index (χ0v) is 21.3. The summed E-state index contributed by atoms with van der Waals surface area (Å²) in [4.78, 5) is 23.6. The van der Waals surface area contributed by atoms with E-state index in [1.807, 2.05) is 30.3 Å². The maximum atomic E-state index is 12.5. The number of anilines is 1. The molecule has 10 heteroatoms. The highest BCUT2D eigenvalue weighted by molar-refractivity contribution is 7.80. The van der Waals surface area contributed by atoms with Gasteiger partial charge in [0.25, 0.3) is 17.2 Å². The molecule has 0 aliphatic heterocycles. The van der Waals surface area contributed by atoms with Gasteiger partial charge in [0.15, 0.2) is 0 Å². The predicted octanol–water partition coefficient (Wildman–Crippen LogP) is 4.75. The van der Waals surface area contributed by atoms with Crippen LogP contribution in [0.2, 0.25) is 10.0 Å². The van der Waals surface area contributed by atoms with Crippen LogP contribution >= 0.6 is 23.2 Å². The van der Waals surface area contributed by atoms with Crippen molar-refractivity contribution in [3.63, 3.8) is 0 Å². The van der Waals surface area contributed by atoms with Gasteiger partial charge in [0.1, 0.15) is 0 Å². The highest BCUT2D eigenvalue weighted by atomic mass is 35.5. The Morgan fingerprint density at radius 1 is 0.914 bits per heavy atom.